The number of rotatable bonds is 5. The summed E-state index contributed by atoms with van der Waals surface area (Å²) < 4.78 is 0.348. The second-order valence-corrected chi connectivity index (χ2v) is 5.31. The highest BCUT2D eigenvalue weighted by atomic mass is 79.9. The molecule has 0 aliphatic carbocycles. The van der Waals surface area contributed by atoms with Gasteiger partial charge in [0.25, 0.3) is 5.69 Å². The van der Waals surface area contributed by atoms with Crippen LogP contribution in [0.1, 0.15) is 25.8 Å². The van der Waals surface area contributed by atoms with Crippen molar-refractivity contribution in [2.45, 2.75) is 20.3 Å². The van der Waals surface area contributed by atoms with Gasteiger partial charge < -0.3 is 0 Å². The highest BCUT2D eigenvalue weighted by molar-refractivity contribution is 9.10. The van der Waals surface area contributed by atoms with Gasteiger partial charge in [0.15, 0.2) is 0 Å². The van der Waals surface area contributed by atoms with Crippen LogP contribution in [0, 0.1) is 26.1 Å². The Morgan fingerprint density at radius 3 is 2.47 bits per heavy atom. The van der Waals surface area contributed by atoms with Crippen LogP contribution in [0.3, 0.4) is 0 Å². The molecule has 1 aromatic rings. The quantitative estimate of drug-likeness (QED) is 0.603. The monoisotopic (exact) mass is 328 g/mol. The van der Waals surface area contributed by atoms with E-state index < -0.39 is 9.85 Å². The van der Waals surface area contributed by atoms with Crippen LogP contribution in [-0.2, 0) is 0 Å². The van der Waals surface area contributed by atoms with Crippen LogP contribution in [0.2, 0.25) is 0 Å². The van der Waals surface area contributed by atoms with E-state index in [0.717, 1.165) is 0 Å². The summed E-state index contributed by atoms with van der Waals surface area (Å²) in [6, 6.07) is 4.42. The standard InChI is InChI=1S/C12H13BrN2O4/c1-8(2)5-10(14(16)17)6-9-3-4-11(13)12(7-9)15(18)19/h3-4,6-8H,5H2,1-2H3. The van der Waals surface area contributed by atoms with Crippen LogP contribution < -0.4 is 0 Å². The molecule has 6 nitrogen and oxygen atoms in total. The van der Waals surface area contributed by atoms with E-state index in [-0.39, 0.29) is 17.3 Å². The van der Waals surface area contributed by atoms with E-state index in [1.165, 1.54) is 18.2 Å². The molecule has 1 aromatic carbocycles. The third-order valence-electron chi connectivity index (χ3n) is 2.35. The molecule has 0 atom stereocenters. The third-order valence-corrected chi connectivity index (χ3v) is 3.02. The second kappa shape index (κ2) is 6.42. The second-order valence-electron chi connectivity index (χ2n) is 4.46. The highest BCUT2D eigenvalue weighted by Crippen LogP contribution is 2.27. The Morgan fingerprint density at radius 2 is 2.00 bits per heavy atom. The van der Waals surface area contributed by atoms with Crippen molar-refractivity contribution in [3.63, 3.8) is 0 Å². The first kappa shape index (κ1) is 15.3. The van der Waals surface area contributed by atoms with Crippen LogP contribution in [0.25, 0.3) is 6.08 Å². The SMILES string of the molecule is CC(C)CC(=Cc1ccc(Br)c([N+](=O)[O-])c1)[N+](=O)[O-]. The van der Waals surface area contributed by atoms with Crippen LogP contribution in [0.15, 0.2) is 28.4 Å². The first-order valence-electron chi connectivity index (χ1n) is 5.60. The predicted octanol–water partition coefficient (Wildman–Crippen LogP) is 4.02. The molecule has 102 valence electrons. The third kappa shape index (κ3) is 4.44. The van der Waals surface area contributed by atoms with Crippen molar-refractivity contribution in [2.24, 2.45) is 5.92 Å². The number of nitrogens with zero attached hydrogens (tertiary/aromatic N) is 2. The summed E-state index contributed by atoms with van der Waals surface area (Å²) >= 11 is 3.07. The first-order chi connectivity index (χ1) is 8.81. The van der Waals surface area contributed by atoms with Crippen LogP contribution in [0.4, 0.5) is 5.69 Å². The van der Waals surface area contributed by atoms with E-state index in [9.17, 15) is 20.2 Å². The Bertz CT molecular complexity index is 541. The lowest BCUT2D eigenvalue weighted by atomic mass is 10.1. The number of nitro groups is 2. The molecule has 0 bridgehead atoms. The van der Waals surface area contributed by atoms with Gasteiger partial charge in [0.1, 0.15) is 0 Å². The molecule has 1 rings (SSSR count). The molecule has 0 unspecified atom stereocenters. The lowest BCUT2D eigenvalue weighted by Crippen LogP contribution is -2.02. The Kier molecular flexibility index (Phi) is 5.17. The van der Waals surface area contributed by atoms with Gasteiger partial charge in [-0.1, -0.05) is 19.9 Å². The summed E-state index contributed by atoms with van der Waals surface area (Å²) in [6.07, 6.45) is 1.69. The summed E-state index contributed by atoms with van der Waals surface area (Å²) in [5.41, 5.74) is 0.384. The maximum atomic E-state index is 10.9. The molecule has 0 spiro atoms. The minimum absolute atomic E-state index is 0.0478. The molecule has 0 amide bonds. The first-order valence-corrected chi connectivity index (χ1v) is 6.39. The predicted molar refractivity (Wildman–Crippen MR) is 75.2 cm³/mol. The Labute approximate surface area is 118 Å². The van der Waals surface area contributed by atoms with Gasteiger partial charge in [-0.25, -0.2) is 0 Å². The van der Waals surface area contributed by atoms with Gasteiger partial charge in [-0.2, -0.15) is 0 Å². The van der Waals surface area contributed by atoms with Gasteiger partial charge in [-0.15, -0.1) is 0 Å². The maximum absolute atomic E-state index is 10.9. The zero-order valence-corrected chi connectivity index (χ0v) is 12.1. The van der Waals surface area contributed by atoms with Crippen LogP contribution >= 0.6 is 15.9 Å². The Hall–Kier alpha value is -1.76. The molecule has 0 radical (unpaired) electrons. The lowest BCUT2D eigenvalue weighted by molar-refractivity contribution is -0.427. The number of hydrogen-bond acceptors (Lipinski definition) is 4. The molecule has 0 saturated heterocycles. The normalized spacial score (nSPS) is 11.7. The van der Waals surface area contributed by atoms with Crippen molar-refractivity contribution in [1.29, 1.82) is 0 Å². The van der Waals surface area contributed by atoms with Crippen molar-refractivity contribution in [3.05, 3.63) is 54.2 Å². The van der Waals surface area contributed by atoms with E-state index in [1.54, 1.807) is 6.07 Å². The molecule has 0 aliphatic rings. The van der Waals surface area contributed by atoms with E-state index in [0.29, 0.717) is 16.5 Å². The van der Waals surface area contributed by atoms with E-state index in [2.05, 4.69) is 15.9 Å². The van der Waals surface area contributed by atoms with E-state index >= 15 is 0 Å². The highest BCUT2D eigenvalue weighted by Gasteiger charge is 2.16. The lowest BCUT2D eigenvalue weighted by Gasteiger charge is -2.03. The topological polar surface area (TPSA) is 86.3 Å². The van der Waals surface area contributed by atoms with Gasteiger partial charge in [0.05, 0.1) is 14.3 Å². The zero-order chi connectivity index (χ0) is 14.6. The summed E-state index contributed by atoms with van der Waals surface area (Å²) in [5.74, 6) is 0.141. The molecule has 0 heterocycles. The summed E-state index contributed by atoms with van der Waals surface area (Å²) in [5, 5.41) is 21.7. The van der Waals surface area contributed by atoms with Crippen molar-refractivity contribution >= 4 is 27.7 Å². The molecule has 0 aromatic heterocycles. The number of hydrogen-bond donors (Lipinski definition) is 0. The molecule has 19 heavy (non-hydrogen) atoms. The number of halogens is 1. The average molecular weight is 329 g/mol. The van der Waals surface area contributed by atoms with Crippen molar-refractivity contribution in [2.75, 3.05) is 0 Å². The fraction of sp³-hybridized carbons (Fsp3) is 0.333. The number of allylic oxidation sites excluding steroid dienone is 1. The molecular weight excluding hydrogens is 316 g/mol. The summed E-state index contributed by atoms with van der Waals surface area (Å²) in [4.78, 5) is 20.7. The molecule has 0 fully saturated rings. The Morgan fingerprint density at radius 1 is 1.37 bits per heavy atom. The molecule has 7 heteroatoms. The van der Waals surface area contributed by atoms with Crippen molar-refractivity contribution in [1.82, 2.24) is 0 Å². The van der Waals surface area contributed by atoms with E-state index in [4.69, 9.17) is 0 Å². The van der Waals surface area contributed by atoms with E-state index in [1.807, 2.05) is 13.8 Å². The van der Waals surface area contributed by atoms with Crippen LogP contribution in [0.5, 0.6) is 0 Å². The molecule has 0 saturated carbocycles. The fourth-order valence-electron chi connectivity index (χ4n) is 1.56. The van der Waals surface area contributed by atoms with Crippen LogP contribution in [-0.4, -0.2) is 9.85 Å². The molecular formula is C12H13BrN2O4. The van der Waals surface area contributed by atoms with Gasteiger partial charge in [-0.3, -0.25) is 20.2 Å². The smallest absolute Gasteiger partial charge is 0.259 e. The minimum Gasteiger partial charge on any atom is -0.259 e. The van der Waals surface area contributed by atoms with Gasteiger partial charge in [0, 0.05) is 18.6 Å². The largest absolute Gasteiger partial charge is 0.284 e. The summed E-state index contributed by atoms with van der Waals surface area (Å²) in [6.45, 7) is 3.75. The zero-order valence-electron chi connectivity index (χ0n) is 10.5. The molecule has 0 N–H and O–H groups in total. The summed E-state index contributed by atoms with van der Waals surface area (Å²) in [7, 11) is 0. The number of nitro benzene ring substituents is 1. The van der Waals surface area contributed by atoms with Gasteiger partial charge in [-0.05, 0) is 33.5 Å². The fourth-order valence-corrected chi connectivity index (χ4v) is 1.95. The molecule has 0 aliphatic heterocycles. The maximum Gasteiger partial charge on any atom is 0.284 e. The van der Waals surface area contributed by atoms with Crippen molar-refractivity contribution < 1.29 is 9.85 Å². The number of benzene rings is 1. The Balaban J connectivity index is 3.18. The van der Waals surface area contributed by atoms with Crippen molar-refractivity contribution in [3.8, 4) is 0 Å². The minimum atomic E-state index is -0.532. The average Bonchev–Trinajstić information content (AvgIpc) is 2.29. The van der Waals surface area contributed by atoms with Gasteiger partial charge >= 0.3 is 0 Å². The van der Waals surface area contributed by atoms with Gasteiger partial charge in [0.2, 0.25) is 5.70 Å².